The highest BCUT2D eigenvalue weighted by molar-refractivity contribution is 4.51. The molecule has 0 spiro atoms. The van der Waals surface area contributed by atoms with Crippen LogP contribution in [0.2, 0.25) is 0 Å². The summed E-state index contributed by atoms with van der Waals surface area (Å²) < 4.78 is 3.73. The van der Waals surface area contributed by atoms with Gasteiger partial charge >= 0.3 is 0 Å². The Balaban J connectivity index is -0.00000280. The van der Waals surface area contributed by atoms with Crippen molar-refractivity contribution in [3.8, 4) is 0 Å². The quantitative estimate of drug-likeness (QED) is 0.0703. The molecule has 0 aromatic rings. The lowest BCUT2D eigenvalue weighted by molar-refractivity contribution is -0.928. The van der Waals surface area contributed by atoms with E-state index in [4.69, 9.17) is 0 Å². The molecule has 0 rings (SSSR count). The summed E-state index contributed by atoms with van der Waals surface area (Å²) in [6.45, 7) is 16.5. The van der Waals surface area contributed by atoms with Crippen molar-refractivity contribution in [1.29, 1.82) is 0 Å². The van der Waals surface area contributed by atoms with Crippen molar-refractivity contribution in [2.45, 2.75) is 175 Å². The van der Waals surface area contributed by atoms with Crippen molar-refractivity contribution in [3.63, 3.8) is 0 Å². The fourth-order valence-electron chi connectivity index (χ4n) is 6.91. The average molecular weight is 837 g/mol. The number of hydrogen-bond donors (Lipinski definition) is 0. The molecule has 0 bridgehead atoms. The fourth-order valence-corrected chi connectivity index (χ4v) is 6.91. The number of unbranched alkanes of at least 4 members (excludes halogenated alkanes) is 19. The van der Waals surface area contributed by atoms with E-state index in [9.17, 15) is 0 Å². The Labute approximate surface area is 318 Å². The van der Waals surface area contributed by atoms with Crippen LogP contribution in [0.15, 0.2) is 0 Å². The number of rotatable bonds is 33. The zero-order valence-corrected chi connectivity index (χ0v) is 37.2. The van der Waals surface area contributed by atoms with E-state index in [0.717, 1.165) is 0 Å². The smallest absolute Gasteiger partial charge is 0.0839 e. The zero-order valence-electron chi connectivity index (χ0n) is 32.4. The molecular formula is C39H86Br3N3. The molecule has 0 heterocycles. The van der Waals surface area contributed by atoms with Gasteiger partial charge in [-0.15, -0.1) is 0 Å². The number of halogens is 3. The van der Waals surface area contributed by atoms with E-state index >= 15 is 0 Å². The average Bonchev–Trinajstić information content (AvgIpc) is 2.93. The molecule has 0 aliphatic carbocycles. The first-order chi connectivity index (χ1) is 20.1. The largest absolute Gasteiger partial charge is 1.00 e. The van der Waals surface area contributed by atoms with Crippen molar-refractivity contribution in [1.82, 2.24) is 0 Å². The predicted octanol–water partition coefficient (Wildman–Crippen LogP) is 2.02. The van der Waals surface area contributed by atoms with Gasteiger partial charge in [0, 0.05) is 12.8 Å². The Hall–Kier alpha value is 1.32. The van der Waals surface area contributed by atoms with E-state index < -0.39 is 0 Å². The summed E-state index contributed by atoms with van der Waals surface area (Å²) in [7, 11) is 12.5. The minimum Gasteiger partial charge on any atom is -1.00 e. The maximum Gasteiger partial charge on any atom is 0.0839 e. The van der Waals surface area contributed by atoms with Crippen LogP contribution >= 0.6 is 0 Å². The van der Waals surface area contributed by atoms with Crippen LogP contribution in [0.25, 0.3) is 0 Å². The SMILES string of the molecule is CCCCCCCCCCCC[N+](C)(C)CCC[N+](C)(CCCC)CCC[N+](C)(C)CCCCCCCCCCCC.[Br-].[Br-].[Br-]. The first-order valence-corrected chi connectivity index (χ1v) is 19.6. The standard InChI is InChI=1S/C39H86N3.3BrH/c1-9-12-15-17-19-21-23-25-27-29-33-40(4,5)35-31-38-42(8,37-14-11-3)39-32-36-41(6,7)34-30-28-26-24-22-20-18-16-13-10-2;;;/h9-39H2,1-8H3;3*1H/q+3;;;/p-3. The van der Waals surface area contributed by atoms with Gasteiger partial charge in [0.15, 0.2) is 0 Å². The van der Waals surface area contributed by atoms with Gasteiger partial charge in [-0.3, -0.25) is 0 Å². The molecule has 278 valence electrons. The molecule has 0 fully saturated rings. The van der Waals surface area contributed by atoms with Crippen LogP contribution < -0.4 is 50.9 Å². The molecule has 0 N–H and O–H groups in total. The Morgan fingerprint density at radius 3 is 0.756 bits per heavy atom. The first-order valence-electron chi connectivity index (χ1n) is 19.6. The molecule has 0 amide bonds. The molecule has 0 saturated heterocycles. The number of hydrogen-bond acceptors (Lipinski definition) is 0. The molecule has 0 aliphatic heterocycles. The lowest BCUT2D eigenvalue weighted by Crippen LogP contribution is -3.00. The van der Waals surface area contributed by atoms with Crippen molar-refractivity contribution < 1.29 is 64.4 Å². The van der Waals surface area contributed by atoms with Gasteiger partial charge in [-0.2, -0.15) is 0 Å². The van der Waals surface area contributed by atoms with Crippen molar-refractivity contribution in [2.75, 3.05) is 81.1 Å². The Morgan fingerprint density at radius 1 is 0.244 bits per heavy atom. The monoisotopic (exact) mass is 833 g/mol. The van der Waals surface area contributed by atoms with Gasteiger partial charge in [-0.05, 0) is 32.1 Å². The summed E-state index contributed by atoms with van der Waals surface area (Å²) in [4.78, 5) is 0. The van der Waals surface area contributed by atoms with Crippen molar-refractivity contribution in [2.24, 2.45) is 0 Å². The highest BCUT2D eigenvalue weighted by Gasteiger charge is 2.25. The minimum absolute atomic E-state index is 0. The molecular weight excluding hydrogens is 750 g/mol. The summed E-state index contributed by atoms with van der Waals surface area (Å²) in [5.74, 6) is 0. The molecule has 0 aromatic carbocycles. The first kappa shape index (κ1) is 53.1. The zero-order chi connectivity index (χ0) is 31.4. The van der Waals surface area contributed by atoms with Crippen LogP contribution in [0.5, 0.6) is 0 Å². The third-order valence-electron chi connectivity index (χ3n) is 10.2. The van der Waals surface area contributed by atoms with Gasteiger partial charge in [-0.1, -0.05) is 130 Å². The molecule has 6 heteroatoms. The maximum atomic E-state index is 2.57. The molecule has 0 atom stereocenters. The van der Waals surface area contributed by atoms with E-state index in [1.54, 1.807) is 0 Å². The van der Waals surface area contributed by atoms with Crippen LogP contribution in [0.1, 0.15) is 175 Å². The van der Waals surface area contributed by atoms with Crippen molar-refractivity contribution >= 4 is 0 Å². The molecule has 45 heavy (non-hydrogen) atoms. The molecule has 0 radical (unpaired) electrons. The van der Waals surface area contributed by atoms with E-state index in [1.165, 1.54) is 213 Å². The highest BCUT2D eigenvalue weighted by atomic mass is 79.9. The van der Waals surface area contributed by atoms with E-state index in [1.807, 2.05) is 0 Å². The van der Waals surface area contributed by atoms with Gasteiger partial charge < -0.3 is 64.4 Å². The van der Waals surface area contributed by atoms with Crippen LogP contribution in [0, 0.1) is 0 Å². The summed E-state index contributed by atoms with van der Waals surface area (Å²) >= 11 is 0. The maximum absolute atomic E-state index is 2.57. The second kappa shape index (κ2) is 35.2. The Morgan fingerprint density at radius 2 is 0.467 bits per heavy atom. The van der Waals surface area contributed by atoms with E-state index in [-0.39, 0.29) is 50.9 Å². The van der Waals surface area contributed by atoms with E-state index in [2.05, 4.69) is 56.0 Å². The lowest BCUT2D eigenvalue weighted by atomic mass is 10.1. The fraction of sp³-hybridized carbons (Fsp3) is 1.00. The summed E-state index contributed by atoms with van der Waals surface area (Å²) in [6, 6.07) is 0. The van der Waals surface area contributed by atoms with Crippen LogP contribution in [0.3, 0.4) is 0 Å². The topological polar surface area (TPSA) is 0 Å². The summed E-state index contributed by atoms with van der Waals surface area (Å²) in [5, 5.41) is 0. The third kappa shape index (κ3) is 36.4. The third-order valence-corrected chi connectivity index (χ3v) is 10.2. The highest BCUT2D eigenvalue weighted by Crippen LogP contribution is 2.16. The second-order valence-corrected chi connectivity index (χ2v) is 16.0. The summed E-state index contributed by atoms with van der Waals surface area (Å²) in [5.41, 5.74) is 0. The normalized spacial score (nSPS) is 12.0. The Kier molecular flexibility index (Phi) is 41.5. The summed E-state index contributed by atoms with van der Waals surface area (Å²) in [6.07, 6.45) is 34.3. The van der Waals surface area contributed by atoms with Gasteiger partial charge in [-0.25, -0.2) is 0 Å². The van der Waals surface area contributed by atoms with Crippen LogP contribution in [0.4, 0.5) is 0 Å². The minimum atomic E-state index is 0. The number of quaternary nitrogens is 3. The second-order valence-electron chi connectivity index (χ2n) is 16.0. The van der Waals surface area contributed by atoms with Gasteiger partial charge in [0.25, 0.3) is 0 Å². The van der Waals surface area contributed by atoms with Crippen LogP contribution in [-0.4, -0.2) is 94.5 Å². The molecule has 0 saturated carbocycles. The lowest BCUT2D eigenvalue weighted by Gasteiger charge is -2.38. The van der Waals surface area contributed by atoms with Crippen molar-refractivity contribution in [3.05, 3.63) is 0 Å². The molecule has 0 aromatic heterocycles. The van der Waals surface area contributed by atoms with Gasteiger partial charge in [0.2, 0.25) is 0 Å². The Bertz CT molecular complexity index is 530. The number of nitrogens with zero attached hydrogens (tertiary/aromatic N) is 3. The van der Waals surface area contributed by atoms with Gasteiger partial charge in [0.05, 0.1) is 81.1 Å². The molecule has 3 nitrogen and oxygen atoms in total. The molecule has 0 unspecified atom stereocenters. The van der Waals surface area contributed by atoms with Gasteiger partial charge in [0.1, 0.15) is 0 Å². The van der Waals surface area contributed by atoms with Crippen LogP contribution in [-0.2, 0) is 0 Å². The van der Waals surface area contributed by atoms with E-state index in [0.29, 0.717) is 0 Å². The predicted molar refractivity (Wildman–Crippen MR) is 192 cm³/mol. The molecule has 0 aliphatic rings.